The van der Waals surface area contributed by atoms with Gasteiger partial charge in [-0.3, -0.25) is 0 Å². The molecule has 0 saturated heterocycles. The lowest BCUT2D eigenvalue weighted by Gasteiger charge is -2.17. The Bertz CT molecular complexity index is 922. The van der Waals surface area contributed by atoms with Crippen molar-refractivity contribution < 1.29 is 17.9 Å². The minimum Gasteiger partial charge on any atom is -0.495 e. The van der Waals surface area contributed by atoms with E-state index in [-0.39, 0.29) is 10.9 Å². The van der Waals surface area contributed by atoms with Crippen LogP contribution in [0.4, 0.5) is 0 Å². The van der Waals surface area contributed by atoms with Crippen LogP contribution in [0.3, 0.4) is 0 Å². The first-order valence-corrected chi connectivity index (χ1v) is 10.2. The molecule has 0 amide bonds. The predicted octanol–water partition coefficient (Wildman–Crippen LogP) is 3.16. The molecule has 26 heavy (non-hydrogen) atoms. The smallest absolute Gasteiger partial charge is 0.244 e. The number of benzene rings is 2. The van der Waals surface area contributed by atoms with Gasteiger partial charge in [-0.15, -0.1) is 0 Å². The second-order valence-electron chi connectivity index (χ2n) is 6.85. The van der Waals surface area contributed by atoms with Crippen molar-refractivity contribution in [3.05, 3.63) is 52.6 Å². The Morgan fingerprint density at radius 3 is 2.65 bits per heavy atom. The van der Waals surface area contributed by atoms with Crippen LogP contribution in [-0.4, -0.2) is 28.2 Å². The number of sulfonamides is 1. The number of hydrogen-bond acceptors (Lipinski definition) is 4. The summed E-state index contributed by atoms with van der Waals surface area (Å²) in [4.78, 5) is 0.178. The van der Waals surface area contributed by atoms with Crippen molar-refractivity contribution in [3.63, 3.8) is 0 Å². The van der Waals surface area contributed by atoms with Gasteiger partial charge in [0.15, 0.2) is 0 Å². The normalized spacial score (nSPS) is 14.6. The largest absolute Gasteiger partial charge is 0.495 e. The third-order valence-electron chi connectivity index (χ3n) is 4.72. The second-order valence-corrected chi connectivity index (χ2v) is 8.54. The number of aryl methyl sites for hydroxylation is 2. The molecule has 0 radical (unpaired) electrons. The minimum atomic E-state index is -3.67. The summed E-state index contributed by atoms with van der Waals surface area (Å²) in [7, 11) is -2.19. The third kappa shape index (κ3) is 3.86. The molecular formula is C20H25NO4S. The van der Waals surface area contributed by atoms with Crippen LogP contribution in [0.5, 0.6) is 11.5 Å². The van der Waals surface area contributed by atoms with Gasteiger partial charge in [-0.25, -0.2) is 13.1 Å². The monoisotopic (exact) mass is 375 g/mol. The van der Waals surface area contributed by atoms with Crippen LogP contribution in [-0.2, 0) is 22.9 Å². The maximum Gasteiger partial charge on any atom is 0.244 e. The third-order valence-corrected chi connectivity index (χ3v) is 6.33. The maximum absolute atomic E-state index is 12.9. The van der Waals surface area contributed by atoms with Crippen molar-refractivity contribution in [2.45, 2.75) is 44.6 Å². The molecule has 0 aromatic heterocycles. The Kier molecular flexibility index (Phi) is 5.25. The molecular weight excluding hydrogens is 350 g/mol. The minimum absolute atomic E-state index is 0.178. The summed E-state index contributed by atoms with van der Waals surface area (Å²) >= 11 is 0. The van der Waals surface area contributed by atoms with Gasteiger partial charge < -0.3 is 9.47 Å². The molecule has 0 saturated carbocycles. The molecule has 5 nitrogen and oxygen atoms in total. The van der Waals surface area contributed by atoms with Gasteiger partial charge in [0.1, 0.15) is 16.4 Å². The molecule has 3 rings (SSSR count). The van der Waals surface area contributed by atoms with Crippen LogP contribution < -0.4 is 14.2 Å². The van der Waals surface area contributed by atoms with Crippen LogP contribution in [0, 0.1) is 13.8 Å². The first kappa shape index (κ1) is 18.7. The van der Waals surface area contributed by atoms with Gasteiger partial charge >= 0.3 is 0 Å². The fourth-order valence-electron chi connectivity index (χ4n) is 3.22. The molecule has 0 bridgehead atoms. The Labute approximate surface area is 155 Å². The van der Waals surface area contributed by atoms with E-state index in [0.29, 0.717) is 18.8 Å². The zero-order valence-corrected chi connectivity index (χ0v) is 16.4. The number of fused-ring (bicyclic) bond motifs is 1. The van der Waals surface area contributed by atoms with E-state index < -0.39 is 10.0 Å². The van der Waals surface area contributed by atoms with Crippen LogP contribution in [0.1, 0.15) is 29.2 Å². The standard InChI is InChI=1S/C20H25NO4S/c1-13-9-19(24-4)20(10-14(13)2)26(22,23)21-15(3)11-16-5-6-18-17(12-16)7-8-25-18/h5-6,9-10,12,15,21H,7-8,11H2,1-4H3/t15-/m0/s1. The summed E-state index contributed by atoms with van der Waals surface area (Å²) in [6, 6.07) is 9.23. The molecule has 140 valence electrons. The quantitative estimate of drug-likeness (QED) is 0.842. The molecule has 1 aliphatic heterocycles. The van der Waals surface area contributed by atoms with Gasteiger partial charge in [0.05, 0.1) is 13.7 Å². The van der Waals surface area contributed by atoms with Crippen LogP contribution in [0.2, 0.25) is 0 Å². The lowest BCUT2D eigenvalue weighted by molar-refractivity contribution is 0.357. The average Bonchev–Trinajstić information content (AvgIpc) is 3.03. The SMILES string of the molecule is COc1cc(C)c(C)cc1S(=O)(=O)N[C@@H](C)Cc1ccc2c(c1)CCO2. The van der Waals surface area contributed by atoms with Crippen molar-refractivity contribution in [3.8, 4) is 11.5 Å². The Morgan fingerprint density at radius 2 is 1.92 bits per heavy atom. The fraction of sp³-hybridized carbons (Fsp3) is 0.400. The van der Waals surface area contributed by atoms with Gasteiger partial charge in [0.25, 0.3) is 0 Å². The van der Waals surface area contributed by atoms with Crippen molar-refractivity contribution in [2.75, 3.05) is 13.7 Å². The van der Waals surface area contributed by atoms with Crippen molar-refractivity contribution in [1.29, 1.82) is 0 Å². The average molecular weight is 375 g/mol. The van der Waals surface area contributed by atoms with E-state index in [1.54, 1.807) is 12.1 Å². The Morgan fingerprint density at radius 1 is 1.19 bits per heavy atom. The van der Waals surface area contributed by atoms with E-state index in [0.717, 1.165) is 28.9 Å². The Balaban J connectivity index is 1.78. The number of ether oxygens (including phenoxy) is 2. The topological polar surface area (TPSA) is 64.6 Å². The highest BCUT2D eigenvalue weighted by atomic mass is 32.2. The van der Waals surface area contributed by atoms with Gasteiger partial charge in [-0.05, 0) is 67.6 Å². The highest BCUT2D eigenvalue weighted by Crippen LogP contribution is 2.28. The van der Waals surface area contributed by atoms with Gasteiger partial charge in [0.2, 0.25) is 10.0 Å². The zero-order chi connectivity index (χ0) is 18.9. The van der Waals surface area contributed by atoms with E-state index in [9.17, 15) is 8.42 Å². The molecule has 2 aromatic carbocycles. The molecule has 1 aliphatic rings. The van der Waals surface area contributed by atoms with Gasteiger partial charge in [-0.2, -0.15) is 0 Å². The summed E-state index contributed by atoms with van der Waals surface area (Å²) < 4.78 is 39.3. The van der Waals surface area contributed by atoms with Gasteiger partial charge in [-0.1, -0.05) is 12.1 Å². The zero-order valence-electron chi connectivity index (χ0n) is 15.6. The lowest BCUT2D eigenvalue weighted by Crippen LogP contribution is -2.34. The van der Waals surface area contributed by atoms with Gasteiger partial charge in [0, 0.05) is 12.5 Å². The van der Waals surface area contributed by atoms with Crippen molar-refractivity contribution in [1.82, 2.24) is 4.72 Å². The van der Waals surface area contributed by atoms with Crippen LogP contribution in [0.15, 0.2) is 35.2 Å². The summed E-state index contributed by atoms with van der Waals surface area (Å²) in [5, 5.41) is 0. The van der Waals surface area contributed by atoms with Crippen molar-refractivity contribution >= 4 is 10.0 Å². The highest BCUT2D eigenvalue weighted by molar-refractivity contribution is 7.89. The summed E-state index contributed by atoms with van der Waals surface area (Å²) in [5.74, 6) is 1.30. The van der Waals surface area contributed by atoms with Crippen LogP contribution >= 0.6 is 0 Å². The first-order chi connectivity index (χ1) is 12.3. The number of hydrogen-bond donors (Lipinski definition) is 1. The molecule has 6 heteroatoms. The first-order valence-electron chi connectivity index (χ1n) is 8.72. The van der Waals surface area contributed by atoms with E-state index in [4.69, 9.17) is 9.47 Å². The lowest BCUT2D eigenvalue weighted by atomic mass is 10.0. The Hall–Kier alpha value is -2.05. The van der Waals surface area contributed by atoms with Crippen molar-refractivity contribution in [2.24, 2.45) is 0 Å². The highest BCUT2D eigenvalue weighted by Gasteiger charge is 2.23. The maximum atomic E-state index is 12.9. The fourth-order valence-corrected chi connectivity index (χ4v) is 4.70. The molecule has 0 aliphatic carbocycles. The molecule has 1 N–H and O–H groups in total. The van der Waals surface area contributed by atoms with E-state index >= 15 is 0 Å². The molecule has 1 atom stereocenters. The molecule has 0 spiro atoms. The molecule has 1 heterocycles. The summed E-state index contributed by atoms with van der Waals surface area (Å²) in [6.07, 6.45) is 1.52. The summed E-state index contributed by atoms with van der Waals surface area (Å²) in [5.41, 5.74) is 4.19. The van der Waals surface area contributed by atoms with E-state index in [1.165, 1.54) is 12.7 Å². The molecule has 0 unspecified atom stereocenters. The van der Waals surface area contributed by atoms with E-state index in [1.807, 2.05) is 32.9 Å². The number of methoxy groups -OCH3 is 1. The van der Waals surface area contributed by atoms with Crippen LogP contribution in [0.25, 0.3) is 0 Å². The second kappa shape index (κ2) is 7.29. The van der Waals surface area contributed by atoms with E-state index in [2.05, 4.69) is 10.8 Å². The molecule has 0 fully saturated rings. The predicted molar refractivity (Wildman–Crippen MR) is 102 cm³/mol. The molecule has 2 aromatic rings. The number of rotatable bonds is 6. The summed E-state index contributed by atoms with van der Waals surface area (Å²) in [6.45, 7) is 6.41. The number of nitrogens with one attached hydrogen (secondary N) is 1.